The molecule has 2 aromatic rings. The molecule has 0 heterocycles. The van der Waals surface area contributed by atoms with Crippen molar-refractivity contribution in [2.24, 2.45) is 11.7 Å². The summed E-state index contributed by atoms with van der Waals surface area (Å²) in [4.78, 5) is 25.0. The topological polar surface area (TPSA) is 118 Å². The number of hydrogen-bond acceptors (Lipinski definition) is 7. The molecule has 0 radical (unpaired) electrons. The van der Waals surface area contributed by atoms with Crippen molar-refractivity contribution in [2.75, 3.05) is 26.6 Å². The van der Waals surface area contributed by atoms with Gasteiger partial charge in [-0.1, -0.05) is 0 Å². The first-order valence-electron chi connectivity index (χ1n) is 11.2. The quantitative estimate of drug-likeness (QED) is 0.315. The molecular weight excluding hydrogens is 573 g/mol. The minimum Gasteiger partial charge on any atom is -0.499 e. The molecule has 16 heteroatoms. The Morgan fingerprint density at radius 3 is 2.17 bits per heavy atom. The lowest BCUT2D eigenvalue weighted by atomic mass is 9.86. The summed E-state index contributed by atoms with van der Waals surface area (Å²) in [5, 5.41) is 2.24. The van der Waals surface area contributed by atoms with Gasteiger partial charge in [-0.2, -0.15) is 13.2 Å². The summed E-state index contributed by atoms with van der Waals surface area (Å²) in [6.07, 6.45) is -8.79. The van der Waals surface area contributed by atoms with Crippen LogP contribution in [0.25, 0.3) is 0 Å². The van der Waals surface area contributed by atoms with Gasteiger partial charge in [0.1, 0.15) is 17.3 Å². The van der Waals surface area contributed by atoms with Crippen LogP contribution in [0.2, 0.25) is 0 Å². The summed E-state index contributed by atoms with van der Waals surface area (Å²) >= 11 is 0. The van der Waals surface area contributed by atoms with E-state index in [4.69, 9.17) is 24.7 Å². The maximum absolute atomic E-state index is 13.9. The molecule has 2 aromatic carbocycles. The molecule has 2 amide bonds. The maximum atomic E-state index is 13.9. The van der Waals surface area contributed by atoms with Gasteiger partial charge in [-0.05, 0) is 42.5 Å². The van der Waals surface area contributed by atoms with E-state index >= 15 is 0 Å². The predicted molar refractivity (Wildman–Crippen MR) is 126 cm³/mol. The van der Waals surface area contributed by atoms with Crippen molar-refractivity contribution in [2.45, 2.75) is 18.3 Å². The van der Waals surface area contributed by atoms with E-state index in [1.54, 1.807) is 0 Å². The Morgan fingerprint density at radius 1 is 0.951 bits per heavy atom. The van der Waals surface area contributed by atoms with Crippen LogP contribution in [0.15, 0.2) is 59.9 Å². The Kier molecular flexibility index (Phi) is 8.76. The van der Waals surface area contributed by atoms with Gasteiger partial charge < -0.3 is 34.7 Å². The number of allylic oxidation sites excluding steroid dienone is 2. The van der Waals surface area contributed by atoms with Crippen molar-refractivity contribution in [3.8, 4) is 17.2 Å². The van der Waals surface area contributed by atoms with Crippen LogP contribution >= 0.6 is 0 Å². The molecule has 1 aliphatic rings. The summed E-state index contributed by atoms with van der Waals surface area (Å²) in [6.45, 7) is 0. The molecule has 222 valence electrons. The van der Waals surface area contributed by atoms with E-state index in [-0.39, 0.29) is 17.2 Å². The zero-order valence-electron chi connectivity index (χ0n) is 21.3. The Bertz CT molecular complexity index is 1390. The first-order chi connectivity index (χ1) is 19.0. The molecule has 0 bridgehead atoms. The van der Waals surface area contributed by atoms with Crippen molar-refractivity contribution in [3.05, 3.63) is 71.3 Å². The third-order valence-electron chi connectivity index (χ3n) is 5.66. The van der Waals surface area contributed by atoms with Crippen molar-refractivity contribution in [3.63, 3.8) is 0 Å². The summed E-state index contributed by atoms with van der Waals surface area (Å²) < 4.78 is 119. The number of ether oxygens (including phenoxy) is 5. The molecule has 0 fully saturated rings. The molecule has 0 saturated carbocycles. The van der Waals surface area contributed by atoms with Gasteiger partial charge in [0.05, 0.1) is 25.4 Å². The minimum absolute atomic E-state index is 0.236. The van der Waals surface area contributed by atoms with E-state index in [9.17, 15) is 40.3 Å². The van der Waals surface area contributed by atoms with Gasteiger partial charge in [0, 0.05) is 18.9 Å². The molecule has 1 aliphatic carbocycles. The predicted octanol–water partition coefficient (Wildman–Crippen LogP) is 4.84. The fraction of sp³-hybridized carbons (Fsp3) is 0.280. The maximum Gasteiger partial charge on any atom is 0.573 e. The van der Waals surface area contributed by atoms with E-state index in [0.29, 0.717) is 6.08 Å². The van der Waals surface area contributed by atoms with E-state index in [1.165, 1.54) is 0 Å². The molecule has 0 aliphatic heterocycles. The number of benzene rings is 2. The van der Waals surface area contributed by atoms with Crippen LogP contribution in [-0.2, 0) is 14.3 Å². The Labute approximate surface area is 227 Å². The SMILES string of the molecule is COC1=C(C(F)(F)F)C=CC(OC)(Oc2ccc(OC(F)(F)F)cc2OC)C1C(=O)Nc1ccc(F)c(C(N)=O)c1. The highest BCUT2D eigenvalue weighted by Gasteiger charge is 2.54. The number of alkyl halides is 6. The van der Waals surface area contributed by atoms with Gasteiger partial charge in [0.25, 0.3) is 5.91 Å². The number of rotatable bonds is 9. The van der Waals surface area contributed by atoms with Gasteiger partial charge in [-0.25, -0.2) is 4.39 Å². The molecule has 9 nitrogen and oxygen atoms in total. The van der Waals surface area contributed by atoms with Crippen LogP contribution in [0.1, 0.15) is 10.4 Å². The van der Waals surface area contributed by atoms with E-state index in [0.717, 1.165) is 63.8 Å². The Morgan fingerprint density at radius 2 is 1.63 bits per heavy atom. The number of carbonyl (C=O) groups excluding carboxylic acids is 2. The van der Waals surface area contributed by atoms with Crippen molar-refractivity contribution in [1.29, 1.82) is 0 Å². The van der Waals surface area contributed by atoms with Gasteiger partial charge in [-0.3, -0.25) is 9.59 Å². The first kappa shape index (κ1) is 31.1. The summed E-state index contributed by atoms with van der Waals surface area (Å²) in [5.74, 6) is -10.4. The average Bonchev–Trinajstić information content (AvgIpc) is 2.88. The molecule has 3 N–H and O–H groups in total. The second-order valence-corrected chi connectivity index (χ2v) is 8.18. The second kappa shape index (κ2) is 11.6. The molecule has 3 rings (SSSR count). The van der Waals surface area contributed by atoms with Crippen LogP contribution in [0.3, 0.4) is 0 Å². The van der Waals surface area contributed by atoms with E-state index in [1.807, 2.05) is 0 Å². The minimum atomic E-state index is -5.04. The lowest BCUT2D eigenvalue weighted by Crippen LogP contribution is -2.52. The third kappa shape index (κ3) is 6.82. The zero-order chi connectivity index (χ0) is 30.8. The Balaban J connectivity index is 2.13. The number of nitrogens with one attached hydrogen (secondary N) is 1. The van der Waals surface area contributed by atoms with Gasteiger partial charge in [0.15, 0.2) is 17.4 Å². The molecule has 0 aromatic heterocycles. The van der Waals surface area contributed by atoms with Crippen LogP contribution in [0.4, 0.5) is 36.4 Å². The number of amides is 2. The lowest BCUT2D eigenvalue weighted by molar-refractivity contribution is -0.274. The largest absolute Gasteiger partial charge is 0.573 e. The average molecular weight is 594 g/mol. The van der Waals surface area contributed by atoms with Crippen molar-refractivity contribution < 1.29 is 64.0 Å². The summed E-state index contributed by atoms with van der Waals surface area (Å²) in [7, 11) is 2.90. The third-order valence-corrected chi connectivity index (χ3v) is 5.66. The number of hydrogen-bond donors (Lipinski definition) is 2. The number of anilines is 1. The standard InChI is InChI=1S/C25H21F7N2O7/c1-37-18-11-13(40-25(30,31)32)5-7-17(18)41-23(39-3)9-8-15(24(27,28)29)20(38-2)19(23)22(36)34-12-4-6-16(26)14(10-12)21(33)35/h4-11,19H,1-3H3,(H2,33,35)(H,34,36). The fourth-order valence-electron chi connectivity index (χ4n) is 3.91. The summed E-state index contributed by atoms with van der Waals surface area (Å²) in [5.41, 5.74) is 2.88. The highest BCUT2D eigenvalue weighted by Crippen LogP contribution is 2.45. The van der Waals surface area contributed by atoms with Crippen molar-refractivity contribution >= 4 is 17.5 Å². The molecule has 0 saturated heterocycles. The summed E-state index contributed by atoms with van der Waals surface area (Å²) in [6, 6.07) is 5.21. The van der Waals surface area contributed by atoms with Crippen LogP contribution < -0.4 is 25.3 Å². The van der Waals surface area contributed by atoms with Gasteiger partial charge in [-0.15, -0.1) is 13.2 Å². The smallest absolute Gasteiger partial charge is 0.499 e. The van der Waals surface area contributed by atoms with Gasteiger partial charge in [0.2, 0.25) is 11.7 Å². The van der Waals surface area contributed by atoms with Crippen LogP contribution in [0, 0.1) is 11.7 Å². The van der Waals surface area contributed by atoms with Crippen LogP contribution in [0.5, 0.6) is 17.2 Å². The number of carbonyl (C=O) groups is 2. The number of primary amides is 1. The van der Waals surface area contributed by atoms with Crippen molar-refractivity contribution in [1.82, 2.24) is 0 Å². The highest BCUT2D eigenvalue weighted by atomic mass is 19.4. The van der Waals surface area contributed by atoms with E-state index < -0.39 is 64.5 Å². The molecule has 41 heavy (non-hydrogen) atoms. The number of halogens is 7. The normalized spacial score (nSPS) is 19.0. The van der Waals surface area contributed by atoms with E-state index in [2.05, 4.69) is 10.1 Å². The Hall–Kier alpha value is -4.47. The molecule has 2 atom stereocenters. The monoisotopic (exact) mass is 594 g/mol. The second-order valence-electron chi connectivity index (χ2n) is 8.18. The number of nitrogens with two attached hydrogens (primary N) is 1. The number of methoxy groups -OCH3 is 3. The molecular formula is C25H21F7N2O7. The van der Waals surface area contributed by atoms with Gasteiger partial charge >= 0.3 is 12.5 Å². The molecule has 0 spiro atoms. The fourth-order valence-corrected chi connectivity index (χ4v) is 3.91. The lowest BCUT2D eigenvalue weighted by Gasteiger charge is -2.40. The van der Waals surface area contributed by atoms with Crippen LogP contribution in [-0.4, -0.2) is 51.5 Å². The first-order valence-corrected chi connectivity index (χ1v) is 11.2. The highest BCUT2D eigenvalue weighted by molar-refractivity contribution is 5.98. The molecule has 2 unspecified atom stereocenters. The zero-order valence-corrected chi connectivity index (χ0v) is 21.3.